The lowest BCUT2D eigenvalue weighted by Crippen LogP contribution is -1.98. The van der Waals surface area contributed by atoms with Gasteiger partial charge in [0, 0.05) is 7.05 Å². The van der Waals surface area contributed by atoms with Crippen molar-refractivity contribution in [3.05, 3.63) is 11.5 Å². The molecule has 0 aliphatic heterocycles. The van der Waals surface area contributed by atoms with Crippen LogP contribution < -0.4 is 5.73 Å². The van der Waals surface area contributed by atoms with E-state index in [1.807, 2.05) is 0 Å². The topological polar surface area (TPSA) is 43.8 Å². The van der Waals surface area contributed by atoms with E-state index >= 15 is 0 Å². The Hall–Kier alpha value is -1.06. The summed E-state index contributed by atoms with van der Waals surface area (Å²) in [6, 6.07) is 0. The number of hydrogen-bond acceptors (Lipinski definition) is 2. The lowest BCUT2D eigenvalue weighted by Gasteiger charge is -2.00. The molecule has 0 bridgehead atoms. The van der Waals surface area contributed by atoms with Gasteiger partial charge in [-0.25, -0.2) is 4.39 Å². The van der Waals surface area contributed by atoms with E-state index in [0.717, 1.165) is 6.42 Å². The highest BCUT2D eigenvalue weighted by Gasteiger charge is 2.12. The zero-order valence-corrected chi connectivity index (χ0v) is 8.34. The van der Waals surface area contributed by atoms with Gasteiger partial charge in [0.15, 0.2) is 11.6 Å². The number of halogens is 1. The van der Waals surface area contributed by atoms with Gasteiger partial charge in [-0.3, -0.25) is 4.68 Å². The van der Waals surface area contributed by atoms with Gasteiger partial charge in [-0.15, -0.1) is 0 Å². The maximum atomic E-state index is 13.3. The van der Waals surface area contributed by atoms with Crippen LogP contribution >= 0.6 is 0 Å². The Balaban J connectivity index is 2.72. The summed E-state index contributed by atoms with van der Waals surface area (Å²) >= 11 is 0. The Labute approximate surface area is 77.7 Å². The van der Waals surface area contributed by atoms with Gasteiger partial charge < -0.3 is 5.73 Å². The van der Waals surface area contributed by atoms with Crippen LogP contribution in [0.3, 0.4) is 0 Å². The molecule has 1 aromatic rings. The Morgan fingerprint density at radius 2 is 2.15 bits per heavy atom. The van der Waals surface area contributed by atoms with E-state index in [9.17, 15) is 4.39 Å². The molecule has 74 valence electrons. The minimum atomic E-state index is -0.358. The highest BCUT2D eigenvalue weighted by Crippen LogP contribution is 2.16. The molecule has 0 aliphatic rings. The van der Waals surface area contributed by atoms with E-state index in [1.54, 1.807) is 7.05 Å². The van der Waals surface area contributed by atoms with E-state index in [2.05, 4.69) is 18.9 Å². The summed E-state index contributed by atoms with van der Waals surface area (Å²) in [4.78, 5) is 0. The number of aromatic nitrogens is 2. The summed E-state index contributed by atoms with van der Waals surface area (Å²) in [7, 11) is 1.65. The first kappa shape index (κ1) is 10.0. The third-order valence-corrected chi connectivity index (χ3v) is 2.06. The monoisotopic (exact) mass is 185 g/mol. The Kier molecular flexibility index (Phi) is 2.90. The Morgan fingerprint density at radius 3 is 2.54 bits per heavy atom. The van der Waals surface area contributed by atoms with Crippen LogP contribution in [-0.2, 0) is 13.5 Å². The number of hydrogen-bond donors (Lipinski definition) is 1. The predicted octanol–water partition coefficient (Wildman–Crippen LogP) is 1.73. The van der Waals surface area contributed by atoms with Gasteiger partial charge in [0.2, 0.25) is 0 Å². The molecule has 0 saturated carbocycles. The maximum Gasteiger partial charge on any atom is 0.188 e. The van der Waals surface area contributed by atoms with Crippen molar-refractivity contribution in [2.75, 3.05) is 5.73 Å². The fourth-order valence-electron chi connectivity index (χ4n) is 1.15. The second-order valence-corrected chi connectivity index (χ2v) is 3.70. The molecule has 0 spiro atoms. The number of rotatable bonds is 3. The van der Waals surface area contributed by atoms with Crippen LogP contribution in [-0.4, -0.2) is 9.78 Å². The molecule has 0 atom stereocenters. The zero-order valence-electron chi connectivity index (χ0n) is 8.34. The highest BCUT2D eigenvalue weighted by atomic mass is 19.1. The van der Waals surface area contributed by atoms with Crippen molar-refractivity contribution < 1.29 is 4.39 Å². The normalized spacial score (nSPS) is 11.2. The lowest BCUT2D eigenvalue weighted by atomic mass is 10.1. The fraction of sp³-hybridized carbons (Fsp3) is 0.667. The molecular weight excluding hydrogens is 169 g/mol. The van der Waals surface area contributed by atoms with Crippen molar-refractivity contribution in [1.29, 1.82) is 0 Å². The number of anilines is 1. The van der Waals surface area contributed by atoms with E-state index in [-0.39, 0.29) is 11.6 Å². The maximum absolute atomic E-state index is 13.3. The summed E-state index contributed by atoms with van der Waals surface area (Å²) in [5.41, 5.74) is 5.91. The fourth-order valence-corrected chi connectivity index (χ4v) is 1.15. The van der Waals surface area contributed by atoms with Crippen LogP contribution in [0.2, 0.25) is 0 Å². The molecule has 2 N–H and O–H groups in total. The van der Waals surface area contributed by atoms with Gasteiger partial charge >= 0.3 is 0 Å². The molecule has 1 aromatic heterocycles. The van der Waals surface area contributed by atoms with Gasteiger partial charge in [-0.2, -0.15) is 5.10 Å². The van der Waals surface area contributed by atoms with E-state index < -0.39 is 0 Å². The van der Waals surface area contributed by atoms with Gasteiger partial charge in [0.05, 0.1) is 0 Å². The molecule has 0 saturated heterocycles. The molecule has 13 heavy (non-hydrogen) atoms. The number of nitrogens with zero attached hydrogens (tertiary/aromatic N) is 2. The number of nitrogens with two attached hydrogens (primary N) is 1. The summed E-state index contributed by atoms with van der Waals surface area (Å²) in [6.07, 6.45) is 1.60. The number of aryl methyl sites for hydroxylation is 2. The van der Waals surface area contributed by atoms with E-state index in [1.165, 1.54) is 4.68 Å². The van der Waals surface area contributed by atoms with E-state index in [0.29, 0.717) is 18.0 Å². The predicted molar refractivity (Wildman–Crippen MR) is 50.7 cm³/mol. The van der Waals surface area contributed by atoms with E-state index in [4.69, 9.17) is 5.73 Å². The lowest BCUT2D eigenvalue weighted by molar-refractivity contribution is 0.554. The molecule has 0 radical (unpaired) electrons. The smallest absolute Gasteiger partial charge is 0.188 e. The van der Waals surface area contributed by atoms with Gasteiger partial charge in [0.25, 0.3) is 0 Å². The Morgan fingerprint density at radius 1 is 1.54 bits per heavy atom. The largest absolute Gasteiger partial charge is 0.381 e. The second-order valence-electron chi connectivity index (χ2n) is 3.70. The molecule has 0 amide bonds. The standard InChI is InChI=1S/C9H16FN3/c1-6(2)4-5-7-8(10)9(11)13(3)12-7/h6H,4-5,11H2,1-3H3. The SMILES string of the molecule is CC(C)CCc1nn(C)c(N)c1F. The van der Waals surface area contributed by atoms with Crippen molar-refractivity contribution in [2.24, 2.45) is 13.0 Å². The van der Waals surface area contributed by atoms with Crippen LogP contribution in [0.25, 0.3) is 0 Å². The minimum Gasteiger partial charge on any atom is -0.381 e. The molecule has 0 aliphatic carbocycles. The molecule has 3 nitrogen and oxygen atoms in total. The van der Waals surface area contributed by atoms with Crippen LogP contribution in [0.15, 0.2) is 0 Å². The average molecular weight is 185 g/mol. The molecule has 1 rings (SSSR count). The van der Waals surface area contributed by atoms with Gasteiger partial charge in [-0.1, -0.05) is 13.8 Å². The number of nitrogen functional groups attached to an aromatic ring is 1. The minimum absolute atomic E-state index is 0.124. The summed E-state index contributed by atoms with van der Waals surface area (Å²) in [5.74, 6) is 0.324. The first-order valence-corrected chi connectivity index (χ1v) is 4.49. The third kappa shape index (κ3) is 2.20. The average Bonchev–Trinajstić information content (AvgIpc) is 2.29. The molecule has 0 fully saturated rings. The summed E-state index contributed by atoms with van der Waals surface area (Å²) < 4.78 is 14.6. The van der Waals surface area contributed by atoms with Crippen LogP contribution in [0.5, 0.6) is 0 Å². The van der Waals surface area contributed by atoms with Crippen molar-refractivity contribution in [2.45, 2.75) is 26.7 Å². The second kappa shape index (κ2) is 3.77. The van der Waals surface area contributed by atoms with Gasteiger partial charge in [0.1, 0.15) is 5.69 Å². The molecular formula is C9H16FN3. The zero-order chi connectivity index (χ0) is 10.0. The molecule has 1 heterocycles. The van der Waals surface area contributed by atoms with Crippen molar-refractivity contribution in [3.63, 3.8) is 0 Å². The first-order valence-electron chi connectivity index (χ1n) is 4.49. The summed E-state index contributed by atoms with van der Waals surface area (Å²) in [5, 5.41) is 4.00. The quantitative estimate of drug-likeness (QED) is 0.779. The third-order valence-electron chi connectivity index (χ3n) is 2.06. The Bertz CT molecular complexity index is 291. The van der Waals surface area contributed by atoms with Crippen LogP contribution in [0, 0.1) is 11.7 Å². The van der Waals surface area contributed by atoms with Crippen LogP contribution in [0.4, 0.5) is 10.2 Å². The first-order chi connectivity index (χ1) is 6.02. The molecule has 4 heteroatoms. The van der Waals surface area contributed by atoms with Crippen LogP contribution in [0.1, 0.15) is 26.0 Å². The van der Waals surface area contributed by atoms with Crippen molar-refractivity contribution in [1.82, 2.24) is 9.78 Å². The molecule has 0 unspecified atom stereocenters. The van der Waals surface area contributed by atoms with Crippen molar-refractivity contribution in [3.8, 4) is 0 Å². The molecule has 0 aromatic carbocycles. The highest BCUT2D eigenvalue weighted by molar-refractivity contribution is 5.33. The summed E-state index contributed by atoms with van der Waals surface area (Å²) in [6.45, 7) is 4.20. The van der Waals surface area contributed by atoms with Gasteiger partial charge in [-0.05, 0) is 18.8 Å². The van der Waals surface area contributed by atoms with Crippen molar-refractivity contribution >= 4 is 5.82 Å².